The summed E-state index contributed by atoms with van der Waals surface area (Å²) >= 11 is 0. The van der Waals surface area contributed by atoms with Crippen LogP contribution in [0.2, 0.25) is 0 Å². The Balaban J connectivity index is 2.76. The van der Waals surface area contributed by atoms with Crippen molar-refractivity contribution in [2.75, 3.05) is 6.61 Å². The molecule has 1 nitrogen and oxygen atoms in total. The van der Waals surface area contributed by atoms with Gasteiger partial charge in [-0.25, -0.2) is 0 Å². The number of hydrogen-bond acceptors (Lipinski definition) is 1. The van der Waals surface area contributed by atoms with Crippen LogP contribution in [0.25, 0.3) is 5.76 Å². The molecule has 0 bridgehead atoms. The molecule has 0 unspecified atom stereocenters. The molecule has 0 atom stereocenters. The summed E-state index contributed by atoms with van der Waals surface area (Å²) in [5.74, 6) is 0.765. The fraction of sp³-hybridized carbons (Fsp3) is 0.357. The molecule has 0 fully saturated rings. The molecule has 1 aromatic carbocycles. The molecule has 0 heterocycles. The first-order chi connectivity index (χ1) is 7.29. The number of unbranched alkanes of at least 4 members (excludes halogenated alkanes) is 1. The summed E-state index contributed by atoms with van der Waals surface area (Å²) in [6.45, 7) is 8.62. The fourth-order valence-electron chi connectivity index (χ4n) is 1.37. The highest BCUT2D eigenvalue weighted by Gasteiger charge is 2.04. The number of hydrogen-bond donors (Lipinski definition) is 0. The lowest BCUT2D eigenvalue weighted by Gasteiger charge is -2.10. The molecule has 0 spiro atoms. The van der Waals surface area contributed by atoms with E-state index in [0.717, 1.165) is 30.8 Å². The lowest BCUT2D eigenvalue weighted by atomic mass is 10.1. The van der Waals surface area contributed by atoms with Crippen LogP contribution in [0.5, 0.6) is 0 Å². The Labute approximate surface area is 92.1 Å². The number of ether oxygens (including phenoxy) is 1. The van der Waals surface area contributed by atoms with E-state index in [1.807, 2.05) is 18.2 Å². The van der Waals surface area contributed by atoms with Crippen LogP contribution in [0.1, 0.15) is 30.9 Å². The summed E-state index contributed by atoms with van der Waals surface area (Å²) in [6.07, 6.45) is 2.20. The van der Waals surface area contributed by atoms with E-state index < -0.39 is 0 Å². The van der Waals surface area contributed by atoms with Crippen molar-refractivity contribution in [3.8, 4) is 0 Å². The Hall–Kier alpha value is -1.46. The zero-order valence-electron chi connectivity index (χ0n) is 9.55. The van der Waals surface area contributed by atoms with Crippen molar-refractivity contribution < 1.29 is 4.74 Å². The van der Waals surface area contributed by atoms with Crippen LogP contribution < -0.4 is 0 Å². The van der Waals surface area contributed by atoms with E-state index in [9.17, 15) is 0 Å². The van der Waals surface area contributed by atoms with Crippen LogP contribution in [0, 0.1) is 6.92 Å². The first-order valence-electron chi connectivity index (χ1n) is 5.38. The van der Waals surface area contributed by atoms with Crippen molar-refractivity contribution in [2.24, 2.45) is 0 Å². The standard InChI is InChI=1S/C14H18O/c1-4-6-11-15-14(5-2)13-10-8-7-9-12(13)3/h7-10H,2,4,6,11H2,1,3H3. The minimum absolute atomic E-state index is 0.739. The van der Waals surface area contributed by atoms with Crippen molar-refractivity contribution in [3.63, 3.8) is 0 Å². The average molecular weight is 202 g/mol. The molecule has 15 heavy (non-hydrogen) atoms. The van der Waals surface area contributed by atoms with Crippen molar-refractivity contribution in [1.82, 2.24) is 0 Å². The molecule has 0 radical (unpaired) electrons. The summed E-state index contributed by atoms with van der Waals surface area (Å²) in [4.78, 5) is 0. The van der Waals surface area contributed by atoms with Crippen LogP contribution in [-0.4, -0.2) is 6.61 Å². The van der Waals surface area contributed by atoms with E-state index in [0.29, 0.717) is 0 Å². The van der Waals surface area contributed by atoms with E-state index in [4.69, 9.17) is 4.74 Å². The molecule has 0 aliphatic carbocycles. The lowest BCUT2D eigenvalue weighted by molar-refractivity contribution is 0.270. The van der Waals surface area contributed by atoms with Gasteiger partial charge >= 0.3 is 0 Å². The lowest BCUT2D eigenvalue weighted by Crippen LogP contribution is -1.95. The van der Waals surface area contributed by atoms with E-state index in [2.05, 4.69) is 32.2 Å². The van der Waals surface area contributed by atoms with Gasteiger partial charge in [-0.05, 0) is 18.9 Å². The quantitative estimate of drug-likeness (QED) is 0.399. The fourth-order valence-corrected chi connectivity index (χ4v) is 1.37. The minimum Gasteiger partial charge on any atom is -0.485 e. The second-order valence-corrected chi connectivity index (χ2v) is 3.52. The van der Waals surface area contributed by atoms with Gasteiger partial charge in [0, 0.05) is 5.56 Å². The molecule has 0 aliphatic heterocycles. The smallest absolute Gasteiger partial charge is 0.169 e. The minimum atomic E-state index is 0.739. The Morgan fingerprint density at radius 1 is 1.40 bits per heavy atom. The highest BCUT2D eigenvalue weighted by molar-refractivity contribution is 5.61. The molecule has 0 saturated heterocycles. The number of rotatable bonds is 5. The van der Waals surface area contributed by atoms with Gasteiger partial charge in [0.2, 0.25) is 0 Å². The van der Waals surface area contributed by atoms with Crippen molar-refractivity contribution in [3.05, 3.63) is 47.7 Å². The Morgan fingerprint density at radius 2 is 2.13 bits per heavy atom. The first kappa shape index (κ1) is 11.6. The monoisotopic (exact) mass is 202 g/mol. The molecule has 0 N–H and O–H groups in total. The van der Waals surface area contributed by atoms with E-state index in [-0.39, 0.29) is 0 Å². The summed E-state index contributed by atoms with van der Waals surface area (Å²) < 4.78 is 5.64. The first-order valence-corrected chi connectivity index (χ1v) is 5.38. The van der Waals surface area contributed by atoms with Crippen LogP contribution in [0.4, 0.5) is 0 Å². The van der Waals surface area contributed by atoms with Crippen LogP contribution in [-0.2, 0) is 4.74 Å². The molecular formula is C14H18O. The maximum Gasteiger partial charge on any atom is 0.169 e. The van der Waals surface area contributed by atoms with Crippen molar-refractivity contribution in [1.29, 1.82) is 0 Å². The Bertz CT molecular complexity index is 359. The molecule has 0 aromatic heterocycles. The average Bonchev–Trinajstić information content (AvgIpc) is 2.26. The largest absolute Gasteiger partial charge is 0.485 e. The van der Waals surface area contributed by atoms with E-state index in [1.54, 1.807) is 0 Å². The van der Waals surface area contributed by atoms with Gasteiger partial charge in [-0.15, -0.1) is 0 Å². The highest BCUT2D eigenvalue weighted by Crippen LogP contribution is 2.18. The van der Waals surface area contributed by atoms with Gasteiger partial charge in [0.1, 0.15) is 0 Å². The van der Waals surface area contributed by atoms with Gasteiger partial charge < -0.3 is 4.74 Å². The van der Waals surface area contributed by atoms with Gasteiger partial charge in [0.15, 0.2) is 5.76 Å². The maximum absolute atomic E-state index is 5.64. The third-order valence-corrected chi connectivity index (χ3v) is 2.29. The summed E-state index contributed by atoms with van der Waals surface area (Å²) in [5, 5.41) is 0. The van der Waals surface area contributed by atoms with Crippen molar-refractivity contribution >= 4 is 5.76 Å². The molecule has 0 amide bonds. The molecule has 80 valence electrons. The summed E-state index contributed by atoms with van der Waals surface area (Å²) in [6, 6.07) is 8.12. The van der Waals surface area contributed by atoms with Gasteiger partial charge in [-0.1, -0.05) is 49.9 Å². The normalized spacial score (nSPS) is 9.47. The third kappa shape index (κ3) is 3.30. The van der Waals surface area contributed by atoms with Crippen LogP contribution in [0.3, 0.4) is 0 Å². The molecule has 1 heteroatoms. The zero-order valence-corrected chi connectivity index (χ0v) is 9.55. The van der Waals surface area contributed by atoms with Crippen molar-refractivity contribution in [2.45, 2.75) is 26.7 Å². The van der Waals surface area contributed by atoms with Crippen LogP contribution in [0.15, 0.2) is 36.6 Å². The molecular weight excluding hydrogens is 184 g/mol. The summed E-state index contributed by atoms with van der Waals surface area (Å²) in [7, 11) is 0. The second-order valence-electron chi connectivity index (χ2n) is 3.52. The van der Waals surface area contributed by atoms with Gasteiger partial charge in [0.25, 0.3) is 0 Å². The molecule has 0 aliphatic rings. The van der Waals surface area contributed by atoms with E-state index in [1.165, 1.54) is 5.56 Å². The van der Waals surface area contributed by atoms with Crippen LogP contribution >= 0.6 is 0 Å². The van der Waals surface area contributed by atoms with Gasteiger partial charge in [0.05, 0.1) is 6.61 Å². The molecule has 1 rings (SSSR count). The summed E-state index contributed by atoms with van der Waals surface area (Å²) in [5.41, 5.74) is 5.14. The predicted molar refractivity (Wildman–Crippen MR) is 64.6 cm³/mol. The second kappa shape index (κ2) is 6.10. The zero-order chi connectivity index (χ0) is 11.1. The Morgan fingerprint density at radius 3 is 2.73 bits per heavy atom. The molecule has 0 saturated carbocycles. The number of aryl methyl sites for hydroxylation is 1. The Kier molecular flexibility index (Phi) is 4.73. The van der Waals surface area contributed by atoms with Gasteiger partial charge in [-0.3, -0.25) is 0 Å². The van der Waals surface area contributed by atoms with Gasteiger partial charge in [-0.2, -0.15) is 0 Å². The third-order valence-electron chi connectivity index (χ3n) is 2.29. The van der Waals surface area contributed by atoms with E-state index >= 15 is 0 Å². The highest BCUT2D eigenvalue weighted by atomic mass is 16.5. The SMILES string of the molecule is C=C=C(OCCCC)c1ccccc1C. The maximum atomic E-state index is 5.64. The topological polar surface area (TPSA) is 9.23 Å². The number of benzene rings is 1. The predicted octanol–water partition coefficient (Wildman–Crippen LogP) is 3.94. The molecule has 1 aromatic rings.